The van der Waals surface area contributed by atoms with Crippen molar-refractivity contribution in [2.24, 2.45) is 40.4 Å². The van der Waals surface area contributed by atoms with Gasteiger partial charge in [-0.05, 0) is 111 Å². The molecule has 0 aromatic carbocycles. The predicted molar refractivity (Wildman–Crippen MR) is 154 cm³/mol. The lowest BCUT2D eigenvalue weighted by Gasteiger charge is -2.58. The number of aliphatic carboxylic acids is 1. The fourth-order valence-electron chi connectivity index (χ4n) is 8.82. The van der Waals surface area contributed by atoms with E-state index < -0.39 is 5.97 Å². The fraction of sp³-hybridized carbons (Fsp3) is 0.903. The molecule has 0 bridgehead atoms. The molecule has 4 aliphatic rings. The van der Waals surface area contributed by atoms with E-state index in [1.165, 1.54) is 77.0 Å². The SMILES string of the molecule is CC(C)CCCC[C@H]1CC[C@H]2[C@@H]3CC=C4C[C@@H](SSCCCCC(=O)O)CC[C@]4(C)[C@H]3CC[C@]12C. The van der Waals surface area contributed by atoms with E-state index in [2.05, 4.69) is 44.6 Å². The summed E-state index contributed by atoms with van der Waals surface area (Å²) >= 11 is 0. The van der Waals surface area contributed by atoms with Crippen LogP contribution in [0, 0.1) is 40.4 Å². The maximum absolute atomic E-state index is 10.7. The first kappa shape index (κ1) is 27.9. The van der Waals surface area contributed by atoms with Crippen molar-refractivity contribution in [3.8, 4) is 0 Å². The monoisotopic (exact) mass is 520 g/mol. The molecular weight excluding hydrogens is 468 g/mol. The molecule has 4 aliphatic carbocycles. The quantitative estimate of drug-likeness (QED) is 0.158. The van der Waals surface area contributed by atoms with Crippen molar-refractivity contribution in [2.45, 2.75) is 129 Å². The van der Waals surface area contributed by atoms with Crippen LogP contribution >= 0.6 is 21.6 Å². The molecule has 0 saturated heterocycles. The first-order valence-electron chi connectivity index (χ1n) is 14.9. The van der Waals surface area contributed by atoms with Crippen molar-refractivity contribution in [2.75, 3.05) is 5.75 Å². The van der Waals surface area contributed by atoms with E-state index in [1.54, 1.807) is 5.57 Å². The van der Waals surface area contributed by atoms with E-state index >= 15 is 0 Å². The van der Waals surface area contributed by atoms with Crippen LogP contribution in [0.15, 0.2) is 11.6 Å². The van der Waals surface area contributed by atoms with Crippen LogP contribution in [0.5, 0.6) is 0 Å². The lowest BCUT2D eigenvalue weighted by Crippen LogP contribution is -2.50. The Morgan fingerprint density at radius 3 is 2.66 bits per heavy atom. The smallest absolute Gasteiger partial charge is 0.303 e. The average Bonchev–Trinajstić information content (AvgIpc) is 3.15. The molecule has 0 aliphatic heterocycles. The van der Waals surface area contributed by atoms with Gasteiger partial charge in [0.1, 0.15) is 0 Å². The van der Waals surface area contributed by atoms with Crippen LogP contribution in [-0.2, 0) is 4.79 Å². The summed E-state index contributed by atoms with van der Waals surface area (Å²) in [7, 11) is 4.09. The minimum atomic E-state index is -0.658. The van der Waals surface area contributed by atoms with Crippen molar-refractivity contribution in [1.82, 2.24) is 0 Å². The van der Waals surface area contributed by atoms with Crippen LogP contribution in [0.1, 0.15) is 124 Å². The number of hydrogen-bond donors (Lipinski definition) is 1. The van der Waals surface area contributed by atoms with Gasteiger partial charge in [-0.25, -0.2) is 0 Å². The summed E-state index contributed by atoms with van der Waals surface area (Å²) in [5.74, 6) is 5.12. The highest BCUT2D eigenvalue weighted by Crippen LogP contribution is 2.67. The molecule has 7 atom stereocenters. The second-order valence-corrected chi connectivity index (χ2v) is 16.2. The highest BCUT2D eigenvalue weighted by Gasteiger charge is 2.58. The molecule has 4 rings (SSSR count). The zero-order valence-corrected chi connectivity index (χ0v) is 24.7. The lowest BCUT2D eigenvalue weighted by molar-refractivity contribution is -0.137. The standard InChI is InChI=1S/C31H52O2S2/c1-22(2)9-5-6-10-23-13-15-27-26-14-12-24-21-25(35-34-20-8-7-11-29(32)33)16-18-31(24,4)28(26)17-19-30(23,27)3/h12,22-23,25-28H,5-11,13-21H2,1-4H3,(H,32,33)/t23-,25-,26-,27-,28-,30+,31-/m0/s1. The molecule has 2 nitrogen and oxygen atoms in total. The van der Waals surface area contributed by atoms with E-state index in [-0.39, 0.29) is 0 Å². The third-order valence-corrected chi connectivity index (χ3v) is 13.9. The van der Waals surface area contributed by atoms with Gasteiger partial charge in [-0.2, -0.15) is 0 Å². The van der Waals surface area contributed by atoms with Gasteiger partial charge >= 0.3 is 5.97 Å². The number of rotatable bonds is 12. The van der Waals surface area contributed by atoms with Crippen LogP contribution in [0.25, 0.3) is 0 Å². The minimum absolute atomic E-state index is 0.321. The van der Waals surface area contributed by atoms with Crippen molar-refractivity contribution in [3.05, 3.63) is 11.6 Å². The molecular formula is C31H52O2S2. The number of fused-ring (bicyclic) bond motifs is 5. The normalized spacial score (nSPS) is 38.5. The minimum Gasteiger partial charge on any atom is -0.481 e. The Morgan fingerprint density at radius 2 is 1.89 bits per heavy atom. The highest BCUT2D eigenvalue weighted by molar-refractivity contribution is 8.76. The number of carboxylic acid groups (broad SMARTS) is 1. The van der Waals surface area contributed by atoms with E-state index in [9.17, 15) is 4.79 Å². The maximum Gasteiger partial charge on any atom is 0.303 e. The second kappa shape index (κ2) is 12.2. The molecule has 35 heavy (non-hydrogen) atoms. The van der Waals surface area contributed by atoms with E-state index in [4.69, 9.17) is 5.11 Å². The number of hydrogen-bond acceptors (Lipinski definition) is 3. The Morgan fingerprint density at radius 1 is 1.06 bits per heavy atom. The number of carbonyl (C=O) groups is 1. The first-order valence-corrected chi connectivity index (χ1v) is 17.3. The Hall–Kier alpha value is -0.0900. The molecule has 0 aromatic rings. The summed E-state index contributed by atoms with van der Waals surface area (Å²) in [4.78, 5) is 10.7. The molecule has 0 aromatic heterocycles. The largest absolute Gasteiger partial charge is 0.481 e. The van der Waals surface area contributed by atoms with Gasteiger partial charge in [0.15, 0.2) is 0 Å². The molecule has 200 valence electrons. The molecule has 0 heterocycles. The molecule has 0 spiro atoms. The Kier molecular flexibility index (Phi) is 9.72. The van der Waals surface area contributed by atoms with Crippen molar-refractivity contribution < 1.29 is 9.90 Å². The molecule has 0 amide bonds. The van der Waals surface area contributed by atoms with Crippen LogP contribution in [0.4, 0.5) is 0 Å². The fourth-order valence-corrected chi connectivity index (χ4v) is 11.6. The van der Waals surface area contributed by atoms with E-state index in [0.29, 0.717) is 17.3 Å². The molecule has 1 N–H and O–H groups in total. The molecule has 4 heteroatoms. The van der Waals surface area contributed by atoms with Gasteiger partial charge < -0.3 is 5.11 Å². The zero-order chi connectivity index (χ0) is 25.1. The summed E-state index contributed by atoms with van der Waals surface area (Å²) < 4.78 is 0. The van der Waals surface area contributed by atoms with Crippen molar-refractivity contribution in [1.29, 1.82) is 0 Å². The van der Waals surface area contributed by atoms with Gasteiger partial charge in [-0.3, -0.25) is 4.79 Å². The Bertz CT molecular complexity index is 748. The van der Waals surface area contributed by atoms with Crippen LogP contribution in [0.3, 0.4) is 0 Å². The molecule has 3 fully saturated rings. The van der Waals surface area contributed by atoms with Crippen LogP contribution in [-0.4, -0.2) is 22.1 Å². The third kappa shape index (κ3) is 6.32. The van der Waals surface area contributed by atoms with Gasteiger partial charge in [-0.15, -0.1) is 0 Å². The second-order valence-electron chi connectivity index (χ2n) is 13.4. The van der Waals surface area contributed by atoms with E-state index in [1.807, 2.05) is 10.8 Å². The van der Waals surface area contributed by atoms with Crippen LogP contribution in [0.2, 0.25) is 0 Å². The maximum atomic E-state index is 10.7. The summed E-state index contributed by atoms with van der Waals surface area (Å²) in [5.41, 5.74) is 2.88. The third-order valence-electron chi connectivity index (χ3n) is 10.9. The first-order chi connectivity index (χ1) is 16.7. The lowest BCUT2D eigenvalue weighted by atomic mass is 9.47. The molecule has 3 saturated carbocycles. The van der Waals surface area contributed by atoms with Gasteiger partial charge in [-0.1, -0.05) is 80.2 Å². The summed E-state index contributed by atoms with van der Waals surface area (Å²) in [5, 5.41) is 9.57. The zero-order valence-electron chi connectivity index (χ0n) is 23.0. The molecule has 0 radical (unpaired) electrons. The van der Waals surface area contributed by atoms with Crippen molar-refractivity contribution in [3.63, 3.8) is 0 Å². The van der Waals surface area contributed by atoms with E-state index in [0.717, 1.165) is 53.4 Å². The summed E-state index contributed by atoms with van der Waals surface area (Å²) in [6.07, 6.45) is 22.1. The summed E-state index contributed by atoms with van der Waals surface area (Å²) in [6, 6.07) is 0. The highest BCUT2D eigenvalue weighted by atomic mass is 33.1. The van der Waals surface area contributed by atoms with Crippen molar-refractivity contribution >= 4 is 27.6 Å². The number of allylic oxidation sites excluding steroid dienone is 2. The van der Waals surface area contributed by atoms with Gasteiger partial charge in [0, 0.05) is 17.4 Å². The summed E-state index contributed by atoms with van der Waals surface area (Å²) in [6.45, 7) is 10.1. The topological polar surface area (TPSA) is 37.3 Å². The predicted octanol–water partition coefficient (Wildman–Crippen LogP) is 9.79. The average molecular weight is 521 g/mol. The van der Waals surface area contributed by atoms with Gasteiger partial charge in [0.05, 0.1) is 0 Å². The number of unbranched alkanes of at least 4 members (excludes halogenated alkanes) is 2. The molecule has 0 unspecified atom stereocenters. The van der Waals surface area contributed by atoms with Gasteiger partial charge in [0.2, 0.25) is 0 Å². The Labute approximate surface area is 224 Å². The van der Waals surface area contributed by atoms with Gasteiger partial charge in [0.25, 0.3) is 0 Å². The van der Waals surface area contributed by atoms with Crippen LogP contribution < -0.4 is 0 Å². The Balaban J connectivity index is 1.30. The number of carboxylic acids is 1.